The van der Waals surface area contributed by atoms with Crippen LogP contribution in [0.15, 0.2) is 10.9 Å². The molecule has 1 atom stereocenters. The van der Waals surface area contributed by atoms with E-state index in [9.17, 15) is 4.79 Å². The highest BCUT2D eigenvalue weighted by molar-refractivity contribution is 7.07. The molecule has 1 heterocycles. The Morgan fingerprint density at radius 2 is 2.57 bits per heavy atom. The van der Waals surface area contributed by atoms with E-state index in [-0.39, 0.29) is 12.0 Å². The molecule has 0 spiro atoms. The molecule has 0 radical (unpaired) electrons. The molecule has 4 nitrogen and oxygen atoms in total. The van der Waals surface area contributed by atoms with Gasteiger partial charge in [-0.1, -0.05) is 0 Å². The first-order chi connectivity index (χ1) is 6.74. The summed E-state index contributed by atoms with van der Waals surface area (Å²) in [5.41, 5.74) is 2.80. The zero-order valence-electron chi connectivity index (χ0n) is 8.32. The molecule has 78 valence electrons. The van der Waals surface area contributed by atoms with Crippen molar-refractivity contribution in [2.45, 2.75) is 19.4 Å². The van der Waals surface area contributed by atoms with E-state index < -0.39 is 0 Å². The van der Waals surface area contributed by atoms with E-state index >= 15 is 0 Å². The van der Waals surface area contributed by atoms with Gasteiger partial charge in [-0.05, 0) is 6.92 Å². The summed E-state index contributed by atoms with van der Waals surface area (Å²) in [6.45, 7) is 2.33. The monoisotopic (exact) mass is 214 g/mol. The standard InChI is InChI=1S/C9H14N2O2S/c1-7(13-2)9(12)10-4-3-8-5-14-6-11-8/h5-7H,3-4H2,1-2H3,(H,10,12). The molecular formula is C9H14N2O2S. The Morgan fingerprint density at radius 3 is 3.14 bits per heavy atom. The smallest absolute Gasteiger partial charge is 0.248 e. The van der Waals surface area contributed by atoms with Gasteiger partial charge < -0.3 is 10.1 Å². The predicted octanol–water partition coefficient (Wildman–Crippen LogP) is 0.837. The molecule has 1 aromatic heterocycles. The van der Waals surface area contributed by atoms with Crippen LogP contribution in [-0.2, 0) is 16.0 Å². The molecule has 1 aromatic rings. The summed E-state index contributed by atoms with van der Waals surface area (Å²) in [5, 5.41) is 4.75. The SMILES string of the molecule is COC(C)C(=O)NCCc1cscn1. The molecule has 0 aliphatic carbocycles. The minimum Gasteiger partial charge on any atom is -0.372 e. The lowest BCUT2D eigenvalue weighted by molar-refractivity contribution is -0.129. The van der Waals surface area contributed by atoms with Crippen molar-refractivity contribution >= 4 is 17.2 Å². The largest absolute Gasteiger partial charge is 0.372 e. The van der Waals surface area contributed by atoms with Crippen molar-refractivity contribution < 1.29 is 9.53 Å². The van der Waals surface area contributed by atoms with Crippen molar-refractivity contribution in [3.63, 3.8) is 0 Å². The number of ether oxygens (including phenoxy) is 1. The molecular weight excluding hydrogens is 200 g/mol. The first kappa shape index (κ1) is 11.1. The third kappa shape index (κ3) is 3.43. The molecule has 1 amide bonds. The fraction of sp³-hybridized carbons (Fsp3) is 0.556. The number of carbonyl (C=O) groups excluding carboxylic acids is 1. The third-order valence-corrected chi connectivity index (χ3v) is 2.52. The van der Waals surface area contributed by atoms with Crippen molar-refractivity contribution in [2.24, 2.45) is 0 Å². The van der Waals surface area contributed by atoms with E-state index in [1.165, 1.54) is 7.11 Å². The van der Waals surface area contributed by atoms with Crippen LogP contribution < -0.4 is 5.32 Å². The maximum absolute atomic E-state index is 11.2. The fourth-order valence-corrected chi connectivity index (χ4v) is 1.52. The van der Waals surface area contributed by atoms with Gasteiger partial charge in [0.15, 0.2) is 0 Å². The zero-order chi connectivity index (χ0) is 10.4. The Labute approximate surface area is 87.3 Å². The van der Waals surface area contributed by atoms with Gasteiger partial charge in [-0.2, -0.15) is 0 Å². The van der Waals surface area contributed by atoms with Gasteiger partial charge in [0.1, 0.15) is 6.10 Å². The highest BCUT2D eigenvalue weighted by Gasteiger charge is 2.09. The minimum absolute atomic E-state index is 0.0808. The van der Waals surface area contributed by atoms with Crippen molar-refractivity contribution in [3.05, 3.63) is 16.6 Å². The highest BCUT2D eigenvalue weighted by Crippen LogP contribution is 2.00. The van der Waals surface area contributed by atoms with Gasteiger partial charge in [0.05, 0.1) is 11.2 Å². The number of thiazole rings is 1. The Kier molecular flexibility index (Phi) is 4.55. The summed E-state index contributed by atoms with van der Waals surface area (Å²) in [7, 11) is 1.52. The van der Waals surface area contributed by atoms with E-state index in [4.69, 9.17) is 4.74 Å². The van der Waals surface area contributed by atoms with Gasteiger partial charge in [0.2, 0.25) is 5.91 Å². The molecule has 1 N–H and O–H groups in total. The van der Waals surface area contributed by atoms with Gasteiger partial charge in [-0.3, -0.25) is 4.79 Å². The predicted molar refractivity (Wildman–Crippen MR) is 55.3 cm³/mol. The molecule has 1 unspecified atom stereocenters. The van der Waals surface area contributed by atoms with Crippen LogP contribution in [0.1, 0.15) is 12.6 Å². The van der Waals surface area contributed by atoms with Crippen molar-refractivity contribution in [3.8, 4) is 0 Å². The van der Waals surface area contributed by atoms with Crippen molar-refractivity contribution in [1.82, 2.24) is 10.3 Å². The van der Waals surface area contributed by atoms with Gasteiger partial charge in [-0.15, -0.1) is 11.3 Å². The number of rotatable bonds is 5. The number of methoxy groups -OCH3 is 1. The molecule has 0 fully saturated rings. The minimum atomic E-state index is -0.384. The lowest BCUT2D eigenvalue weighted by Crippen LogP contribution is -2.35. The Bertz CT molecular complexity index is 274. The first-order valence-electron chi connectivity index (χ1n) is 4.41. The summed E-state index contributed by atoms with van der Waals surface area (Å²) < 4.78 is 4.87. The van der Waals surface area contributed by atoms with Crippen molar-refractivity contribution in [2.75, 3.05) is 13.7 Å². The van der Waals surface area contributed by atoms with Gasteiger partial charge in [0, 0.05) is 25.5 Å². The fourth-order valence-electron chi connectivity index (χ4n) is 0.926. The average Bonchev–Trinajstić information content (AvgIpc) is 2.69. The van der Waals surface area contributed by atoms with Crippen LogP contribution in [0.4, 0.5) is 0 Å². The average molecular weight is 214 g/mol. The molecule has 0 aliphatic rings. The first-order valence-corrected chi connectivity index (χ1v) is 5.36. The second kappa shape index (κ2) is 5.72. The van der Waals surface area contributed by atoms with Crippen LogP contribution in [0.5, 0.6) is 0 Å². The van der Waals surface area contributed by atoms with Gasteiger partial charge in [0.25, 0.3) is 0 Å². The molecule has 5 heteroatoms. The van der Waals surface area contributed by atoms with Gasteiger partial charge in [-0.25, -0.2) is 4.98 Å². The Hall–Kier alpha value is -0.940. The van der Waals surface area contributed by atoms with Crippen LogP contribution in [-0.4, -0.2) is 30.6 Å². The number of hydrogen-bond acceptors (Lipinski definition) is 4. The summed E-state index contributed by atoms with van der Waals surface area (Å²) in [5.74, 6) is -0.0808. The quantitative estimate of drug-likeness (QED) is 0.790. The lowest BCUT2D eigenvalue weighted by atomic mass is 10.3. The third-order valence-electron chi connectivity index (χ3n) is 1.89. The number of nitrogens with zero attached hydrogens (tertiary/aromatic N) is 1. The maximum atomic E-state index is 11.2. The summed E-state index contributed by atoms with van der Waals surface area (Å²) in [6, 6.07) is 0. The van der Waals surface area contributed by atoms with Crippen LogP contribution in [0.2, 0.25) is 0 Å². The number of carbonyl (C=O) groups is 1. The molecule has 14 heavy (non-hydrogen) atoms. The normalized spacial score (nSPS) is 12.4. The van der Waals surface area contributed by atoms with E-state index in [1.54, 1.807) is 23.8 Å². The Balaban J connectivity index is 2.18. The molecule has 0 aliphatic heterocycles. The molecule has 0 bridgehead atoms. The maximum Gasteiger partial charge on any atom is 0.248 e. The van der Waals surface area contributed by atoms with Crippen LogP contribution in [0, 0.1) is 0 Å². The number of hydrogen-bond donors (Lipinski definition) is 1. The van der Waals surface area contributed by atoms with Crippen LogP contribution in [0.3, 0.4) is 0 Å². The second-order valence-electron chi connectivity index (χ2n) is 2.90. The second-order valence-corrected chi connectivity index (χ2v) is 3.62. The summed E-state index contributed by atoms with van der Waals surface area (Å²) in [6.07, 6.45) is 0.386. The zero-order valence-corrected chi connectivity index (χ0v) is 9.13. The van der Waals surface area contributed by atoms with Crippen molar-refractivity contribution in [1.29, 1.82) is 0 Å². The Morgan fingerprint density at radius 1 is 1.79 bits per heavy atom. The van der Waals surface area contributed by atoms with Crippen LogP contribution >= 0.6 is 11.3 Å². The number of amides is 1. The van der Waals surface area contributed by atoms with E-state index in [0.29, 0.717) is 6.54 Å². The lowest BCUT2D eigenvalue weighted by Gasteiger charge is -2.09. The van der Waals surface area contributed by atoms with E-state index in [1.807, 2.05) is 5.38 Å². The highest BCUT2D eigenvalue weighted by atomic mass is 32.1. The topological polar surface area (TPSA) is 51.2 Å². The van der Waals surface area contributed by atoms with E-state index in [0.717, 1.165) is 12.1 Å². The summed E-state index contributed by atoms with van der Waals surface area (Å²) in [4.78, 5) is 15.4. The summed E-state index contributed by atoms with van der Waals surface area (Å²) >= 11 is 1.56. The van der Waals surface area contributed by atoms with E-state index in [2.05, 4.69) is 10.3 Å². The molecule has 0 saturated heterocycles. The molecule has 0 aromatic carbocycles. The van der Waals surface area contributed by atoms with Crippen LogP contribution in [0.25, 0.3) is 0 Å². The molecule has 0 saturated carbocycles. The number of aromatic nitrogens is 1. The van der Waals surface area contributed by atoms with Gasteiger partial charge >= 0.3 is 0 Å². The molecule has 1 rings (SSSR count). The number of nitrogens with one attached hydrogen (secondary N) is 1.